The standard InChI is InChI=1S/C21H27NO4/c1-13(2)17-9-7-14(3)11-20(17)26-15(4)21(23)22-18-12-16(24-5)8-10-19(18)25-6/h7-13,15H,1-6H3,(H,22,23). The third-order valence-corrected chi connectivity index (χ3v) is 4.13. The van der Waals surface area contributed by atoms with Crippen LogP contribution in [0.1, 0.15) is 37.8 Å². The second kappa shape index (κ2) is 8.61. The molecule has 1 amide bonds. The lowest BCUT2D eigenvalue weighted by Crippen LogP contribution is -2.30. The first-order chi connectivity index (χ1) is 12.3. The number of benzene rings is 2. The Kier molecular flexibility index (Phi) is 6.50. The van der Waals surface area contributed by atoms with E-state index < -0.39 is 6.10 Å². The Hall–Kier alpha value is -2.69. The second-order valence-electron chi connectivity index (χ2n) is 6.51. The Morgan fingerprint density at radius 1 is 0.962 bits per heavy atom. The molecule has 1 unspecified atom stereocenters. The van der Waals surface area contributed by atoms with Crippen molar-refractivity contribution < 1.29 is 19.0 Å². The van der Waals surface area contributed by atoms with E-state index >= 15 is 0 Å². The van der Waals surface area contributed by atoms with Crippen molar-refractivity contribution in [2.75, 3.05) is 19.5 Å². The van der Waals surface area contributed by atoms with E-state index in [1.807, 2.05) is 25.1 Å². The second-order valence-corrected chi connectivity index (χ2v) is 6.51. The number of hydrogen-bond acceptors (Lipinski definition) is 4. The lowest BCUT2D eigenvalue weighted by atomic mass is 10.0. The molecule has 2 aromatic carbocycles. The molecule has 1 N–H and O–H groups in total. The van der Waals surface area contributed by atoms with Gasteiger partial charge in [-0.15, -0.1) is 0 Å². The summed E-state index contributed by atoms with van der Waals surface area (Å²) in [6, 6.07) is 11.3. The Bertz CT molecular complexity index is 771. The van der Waals surface area contributed by atoms with Gasteiger partial charge in [-0.1, -0.05) is 26.0 Å². The molecule has 0 heterocycles. The van der Waals surface area contributed by atoms with Gasteiger partial charge in [0.15, 0.2) is 6.10 Å². The highest BCUT2D eigenvalue weighted by Gasteiger charge is 2.19. The summed E-state index contributed by atoms with van der Waals surface area (Å²) in [7, 11) is 3.13. The van der Waals surface area contributed by atoms with Gasteiger partial charge >= 0.3 is 0 Å². The molecule has 0 radical (unpaired) electrons. The van der Waals surface area contributed by atoms with Crippen molar-refractivity contribution in [1.82, 2.24) is 0 Å². The molecule has 5 nitrogen and oxygen atoms in total. The van der Waals surface area contributed by atoms with Crippen LogP contribution in [0, 0.1) is 6.92 Å². The number of methoxy groups -OCH3 is 2. The van der Waals surface area contributed by atoms with Gasteiger partial charge in [0.05, 0.1) is 19.9 Å². The van der Waals surface area contributed by atoms with Gasteiger partial charge in [-0.3, -0.25) is 4.79 Å². The number of hydrogen-bond donors (Lipinski definition) is 1. The number of aryl methyl sites for hydroxylation is 1. The third kappa shape index (κ3) is 4.69. The molecule has 0 bridgehead atoms. The van der Waals surface area contributed by atoms with Crippen molar-refractivity contribution in [1.29, 1.82) is 0 Å². The van der Waals surface area contributed by atoms with Gasteiger partial charge in [0.2, 0.25) is 0 Å². The van der Waals surface area contributed by atoms with Crippen LogP contribution in [0.15, 0.2) is 36.4 Å². The van der Waals surface area contributed by atoms with Crippen molar-refractivity contribution in [2.24, 2.45) is 0 Å². The van der Waals surface area contributed by atoms with E-state index in [4.69, 9.17) is 14.2 Å². The smallest absolute Gasteiger partial charge is 0.265 e. The average molecular weight is 357 g/mol. The molecule has 26 heavy (non-hydrogen) atoms. The predicted octanol–water partition coefficient (Wildman–Crippen LogP) is 4.54. The fourth-order valence-electron chi connectivity index (χ4n) is 2.61. The summed E-state index contributed by atoms with van der Waals surface area (Å²) in [4.78, 5) is 12.6. The van der Waals surface area contributed by atoms with Crippen molar-refractivity contribution in [3.8, 4) is 17.2 Å². The van der Waals surface area contributed by atoms with Gasteiger partial charge < -0.3 is 19.5 Å². The van der Waals surface area contributed by atoms with Crippen LogP contribution >= 0.6 is 0 Å². The summed E-state index contributed by atoms with van der Waals surface area (Å²) < 4.78 is 16.5. The SMILES string of the molecule is COc1ccc(OC)c(NC(=O)C(C)Oc2cc(C)ccc2C(C)C)c1. The Morgan fingerprint density at radius 3 is 2.31 bits per heavy atom. The summed E-state index contributed by atoms with van der Waals surface area (Å²) in [5.41, 5.74) is 2.71. The summed E-state index contributed by atoms with van der Waals surface area (Å²) in [5, 5.41) is 2.85. The maximum absolute atomic E-state index is 12.6. The van der Waals surface area contributed by atoms with Crippen LogP contribution in [0.3, 0.4) is 0 Å². The third-order valence-electron chi connectivity index (χ3n) is 4.13. The van der Waals surface area contributed by atoms with Crippen molar-refractivity contribution in [3.63, 3.8) is 0 Å². The molecule has 0 fully saturated rings. The predicted molar refractivity (Wildman–Crippen MR) is 104 cm³/mol. The Balaban J connectivity index is 2.17. The van der Waals surface area contributed by atoms with E-state index in [1.165, 1.54) is 0 Å². The molecule has 0 spiro atoms. The number of rotatable bonds is 7. The fourth-order valence-corrected chi connectivity index (χ4v) is 2.61. The monoisotopic (exact) mass is 357 g/mol. The van der Waals surface area contributed by atoms with Crippen molar-refractivity contribution >= 4 is 11.6 Å². The lowest BCUT2D eigenvalue weighted by Gasteiger charge is -2.20. The van der Waals surface area contributed by atoms with Gasteiger partial charge in [0, 0.05) is 6.07 Å². The zero-order valence-corrected chi connectivity index (χ0v) is 16.3. The maximum atomic E-state index is 12.6. The normalized spacial score (nSPS) is 11.8. The van der Waals surface area contributed by atoms with Gasteiger partial charge in [-0.05, 0) is 49.1 Å². The van der Waals surface area contributed by atoms with Gasteiger partial charge in [-0.25, -0.2) is 0 Å². The Labute approximate surface area is 155 Å². The number of ether oxygens (including phenoxy) is 3. The molecular weight excluding hydrogens is 330 g/mol. The van der Waals surface area contributed by atoms with Gasteiger partial charge in [-0.2, -0.15) is 0 Å². The molecule has 0 aliphatic heterocycles. The van der Waals surface area contributed by atoms with Gasteiger partial charge in [0.25, 0.3) is 5.91 Å². The molecule has 0 saturated carbocycles. The van der Waals surface area contributed by atoms with Crippen LogP contribution in [0.5, 0.6) is 17.2 Å². The van der Waals surface area contributed by atoms with E-state index in [-0.39, 0.29) is 5.91 Å². The molecule has 2 rings (SSSR count). The van der Waals surface area contributed by atoms with E-state index in [0.717, 1.165) is 16.9 Å². The van der Waals surface area contributed by atoms with Crippen LogP contribution in [0.4, 0.5) is 5.69 Å². The molecule has 0 aliphatic rings. The molecule has 2 aromatic rings. The zero-order chi connectivity index (χ0) is 19.3. The van der Waals surface area contributed by atoms with E-state index in [1.54, 1.807) is 39.3 Å². The minimum absolute atomic E-state index is 0.257. The quantitative estimate of drug-likeness (QED) is 0.790. The van der Waals surface area contributed by atoms with E-state index in [2.05, 4.69) is 19.2 Å². The maximum Gasteiger partial charge on any atom is 0.265 e. The number of carbonyl (C=O) groups excluding carboxylic acids is 1. The molecule has 5 heteroatoms. The first kappa shape index (κ1) is 19.6. The molecule has 0 saturated heterocycles. The topological polar surface area (TPSA) is 56.8 Å². The van der Waals surface area contributed by atoms with Crippen LogP contribution in [-0.2, 0) is 4.79 Å². The van der Waals surface area contributed by atoms with Crippen LogP contribution in [0.2, 0.25) is 0 Å². The van der Waals surface area contributed by atoms with Gasteiger partial charge in [0.1, 0.15) is 17.2 Å². The summed E-state index contributed by atoms with van der Waals surface area (Å²) in [6.07, 6.45) is -0.662. The highest BCUT2D eigenvalue weighted by molar-refractivity contribution is 5.95. The summed E-state index contributed by atoms with van der Waals surface area (Å²) >= 11 is 0. The first-order valence-electron chi connectivity index (χ1n) is 8.65. The highest BCUT2D eigenvalue weighted by Crippen LogP contribution is 2.30. The lowest BCUT2D eigenvalue weighted by molar-refractivity contribution is -0.122. The number of nitrogens with one attached hydrogen (secondary N) is 1. The van der Waals surface area contributed by atoms with Crippen LogP contribution in [-0.4, -0.2) is 26.2 Å². The Morgan fingerprint density at radius 2 is 1.69 bits per heavy atom. The molecule has 1 atom stereocenters. The summed E-state index contributed by atoms with van der Waals surface area (Å²) in [6.45, 7) is 7.93. The fraction of sp³-hybridized carbons (Fsp3) is 0.381. The first-order valence-corrected chi connectivity index (χ1v) is 8.65. The zero-order valence-electron chi connectivity index (χ0n) is 16.3. The largest absolute Gasteiger partial charge is 0.497 e. The number of amides is 1. The minimum atomic E-state index is -0.662. The molecule has 0 aliphatic carbocycles. The molecule has 0 aromatic heterocycles. The van der Waals surface area contributed by atoms with E-state index in [9.17, 15) is 4.79 Å². The van der Waals surface area contributed by atoms with Crippen LogP contribution in [0.25, 0.3) is 0 Å². The average Bonchev–Trinajstić information content (AvgIpc) is 2.61. The van der Waals surface area contributed by atoms with E-state index in [0.29, 0.717) is 23.1 Å². The van der Waals surface area contributed by atoms with Crippen molar-refractivity contribution in [2.45, 2.75) is 39.7 Å². The minimum Gasteiger partial charge on any atom is -0.497 e. The van der Waals surface area contributed by atoms with Crippen molar-refractivity contribution in [3.05, 3.63) is 47.5 Å². The summed E-state index contributed by atoms with van der Waals surface area (Å²) in [5.74, 6) is 1.98. The molecule has 140 valence electrons. The number of anilines is 1. The number of carbonyl (C=O) groups is 1. The van der Waals surface area contributed by atoms with Crippen LogP contribution < -0.4 is 19.5 Å². The molecular formula is C21H27NO4. The highest BCUT2D eigenvalue weighted by atomic mass is 16.5.